The average Bonchev–Trinajstić information content (AvgIpc) is 2.75. The molecular formula is C14H32N2O3S. The zero-order chi connectivity index (χ0) is 16.6. The summed E-state index contributed by atoms with van der Waals surface area (Å²) in [4.78, 5) is 19.7. The van der Waals surface area contributed by atoms with Gasteiger partial charge in [0.1, 0.15) is 0 Å². The molecule has 3 atom stereocenters. The summed E-state index contributed by atoms with van der Waals surface area (Å²) in [6, 6.07) is 0.299. The lowest BCUT2D eigenvalue weighted by molar-refractivity contribution is -0.137. The first-order valence-corrected chi connectivity index (χ1v) is 8.10. The molecule has 122 valence electrons. The van der Waals surface area contributed by atoms with Gasteiger partial charge in [-0.05, 0) is 0 Å². The predicted octanol–water partition coefficient (Wildman–Crippen LogP) is 2.19. The van der Waals surface area contributed by atoms with E-state index in [1.807, 2.05) is 13.8 Å². The number of rotatable bonds is 2. The second kappa shape index (κ2) is 18.2. The fourth-order valence-corrected chi connectivity index (χ4v) is 2.38. The number of thioether (sulfide) groups is 1. The van der Waals surface area contributed by atoms with E-state index in [-0.39, 0.29) is 18.1 Å². The molecule has 0 aromatic carbocycles. The second-order valence-electron chi connectivity index (χ2n) is 3.92. The highest BCUT2D eigenvalue weighted by atomic mass is 32.2. The summed E-state index contributed by atoms with van der Waals surface area (Å²) in [5, 5.41) is 3.18. The molecule has 1 fully saturated rings. The summed E-state index contributed by atoms with van der Waals surface area (Å²) in [6.07, 6.45) is 1.98. The number of hydrogen-bond acceptors (Lipinski definition) is 5. The van der Waals surface area contributed by atoms with E-state index >= 15 is 0 Å². The molecule has 1 aliphatic rings. The molecule has 1 saturated heterocycles. The number of amides is 1. The molecule has 1 amide bonds. The van der Waals surface area contributed by atoms with E-state index in [1.54, 1.807) is 11.8 Å². The van der Waals surface area contributed by atoms with Crippen LogP contribution in [0.5, 0.6) is 0 Å². The fourth-order valence-electron chi connectivity index (χ4n) is 1.16. The predicted molar refractivity (Wildman–Crippen MR) is 87.9 cm³/mol. The SMILES string of the molecule is CC.CC1SC[C@H](N)[C@@H]1NC=O.CCC.COC(C)=O. The normalized spacial score (nSPS) is 22.7. The highest BCUT2D eigenvalue weighted by Gasteiger charge is 2.30. The van der Waals surface area contributed by atoms with E-state index in [2.05, 4.69) is 30.8 Å². The zero-order valence-corrected chi connectivity index (χ0v) is 14.8. The molecule has 0 bridgehead atoms. The van der Waals surface area contributed by atoms with Gasteiger partial charge in [0.15, 0.2) is 0 Å². The van der Waals surface area contributed by atoms with Crippen molar-refractivity contribution in [3.8, 4) is 0 Å². The van der Waals surface area contributed by atoms with E-state index in [9.17, 15) is 9.59 Å². The van der Waals surface area contributed by atoms with Crippen LogP contribution in [-0.4, -0.2) is 42.6 Å². The standard InChI is InChI=1S/C6H12N2OS.C3H6O2.C3H8.C2H6/c1-4-6(8-3-9)5(7)2-10-4;1-3(4)5-2;1-3-2;1-2/h3-6H,2,7H2,1H3,(H,8,9);1-2H3;3H2,1-2H3;1-2H3/t4?,5-,6+;;;/m0.../s1. The molecule has 0 aromatic heterocycles. The molecule has 0 aliphatic carbocycles. The molecule has 20 heavy (non-hydrogen) atoms. The van der Waals surface area contributed by atoms with E-state index < -0.39 is 0 Å². The fraction of sp³-hybridized carbons (Fsp3) is 0.857. The Bertz CT molecular complexity index is 218. The summed E-state index contributed by atoms with van der Waals surface area (Å²) in [7, 11) is 1.35. The molecule has 3 N–H and O–H groups in total. The van der Waals surface area contributed by atoms with E-state index in [0.29, 0.717) is 5.25 Å². The Labute approximate surface area is 128 Å². The van der Waals surface area contributed by atoms with Crippen LogP contribution in [0.1, 0.15) is 48.0 Å². The van der Waals surface area contributed by atoms with Gasteiger partial charge in [-0.25, -0.2) is 0 Å². The van der Waals surface area contributed by atoms with E-state index in [0.717, 1.165) is 12.2 Å². The number of carbonyl (C=O) groups is 2. The van der Waals surface area contributed by atoms with Crippen LogP contribution >= 0.6 is 11.8 Å². The summed E-state index contributed by atoms with van der Waals surface area (Å²) in [5.41, 5.74) is 5.71. The highest BCUT2D eigenvalue weighted by Crippen LogP contribution is 2.24. The van der Waals surface area contributed by atoms with Gasteiger partial charge in [0.25, 0.3) is 0 Å². The smallest absolute Gasteiger partial charge is 0.302 e. The minimum atomic E-state index is -0.245. The number of nitrogens with two attached hydrogens (primary N) is 1. The number of hydrogen-bond donors (Lipinski definition) is 2. The van der Waals surface area contributed by atoms with Crippen LogP contribution in [0.2, 0.25) is 0 Å². The first kappa shape index (κ1) is 24.3. The van der Waals surface area contributed by atoms with Crippen molar-refractivity contribution in [3.63, 3.8) is 0 Å². The van der Waals surface area contributed by atoms with E-state index in [4.69, 9.17) is 5.73 Å². The third-order valence-electron chi connectivity index (χ3n) is 2.07. The van der Waals surface area contributed by atoms with Gasteiger partial charge in [0, 0.05) is 24.0 Å². The maximum atomic E-state index is 10.1. The van der Waals surface area contributed by atoms with Gasteiger partial charge < -0.3 is 15.8 Å². The Morgan fingerprint density at radius 2 is 1.85 bits per heavy atom. The van der Waals surface area contributed by atoms with Gasteiger partial charge in [-0.15, -0.1) is 0 Å². The molecule has 0 saturated carbocycles. The van der Waals surface area contributed by atoms with Crippen LogP contribution in [0, 0.1) is 0 Å². The van der Waals surface area contributed by atoms with Crippen molar-refractivity contribution in [2.45, 2.75) is 65.3 Å². The zero-order valence-electron chi connectivity index (χ0n) is 13.9. The van der Waals surface area contributed by atoms with E-state index in [1.165, 1.54) is 20.5 Å². The minimum absolute atomic E-state index is 0.130. The first-order chi connectivity index (χ1) is 9.44. The molecule has 5 nitrogen and oxygen atoms in total. The summed E-state index contributed by atoms with van der Waals surface area (Å²) >= 11 is 1.81. The summed E-state index contributed by atoms with van der Waals surface area (Å²) in [6.45, 7) is 11.7. The maximum absolute atomic E-state index is 10.1. The Kier molecular flexibility index (Phi) is 22.2. The number of ether oxygens (including phenoxy) is 1. The molecule has 6 heteroatoms. The minimum Gasteiger partial charge on any atom is -0.469 e. The highest BCUT2D eigenvalue weighted by molar-refractivity contribution is 8.00. The van der Waals surface area contributed by atoms with Gasteiger partial charge in [-0.3, -0.25) is 9.59 Å². The third kappa shape index (κ3) is 15.3. The van der Waals surface area contributed by atoms with Crippen LogP contribution in [0.15, 0.2) is 0 Å². The Hall–Kier alpha value is -0.750. The molecule has 1 heterocycles. The lowest BCUT2D eigenvalue weighted by Crippen LogP contribution is -2.46. The van der Waals surface area contributed by atoms with Crippen LogP contribution in [-0.2, 0) is 14.3 Å². The Balaban J connectivity index is -0.000000245. The van der Waals surface area contributed by atoms with Crippen molar-refractivity contribution in [3.05, 3.63) is 0 Å². The molecular weight excluding hydrogens is 276 g/mol. The van der Waals surface area contributed by atoms with Gasteiger partial charge in [-0.1, -0.05) is 41.0 Å². The molecule has 0 spiro atoms. The van der Waals surface area contributed by atoms with Crippen LogP contribution in [0.25, 0.3) is 0 Å². The van der Waals surface area contributed by atoms with Gasteiger partial charge in [-0.2, -0.15) is 11.8 Å². The van der Waals surface area contributed by atoms with Crippen molar-refractivity contribution in [2.24, 2.45) is 5.73 Å². The van der Waals surface area contributed by atoms with Crippen LogP contribution in [0.4, 0.5) is 0 Å². The molecule has 0 aromatic rings. The molecule has 1 rings (SSSR count). The Morgan fingerprint density at radius 1 is 1.45 bits per heavy atom. The molecule has 0 radical (unpaired) electrons. The van der Waals surface area contributed by atoms with Gasteiger partial charge >= 0.3 is 5.97 Å². The number of esters is 1. The van der Waals surface area contributed by atoms with Crippen molar-refractivity contribution in [2.75, 3.05) is 12.9 Å². The second-order valence-corrected chi connectivity index (χ2v) is 5.33. The Morgan fingerprint density at radius 3 is 2.05 bits per heavy atom. The maximum Gasteiger partial charge on any atom is 0.302 e. The van der Waals surface area contributed by atoms with Crippen molar-refractivity contribution in [1.82, 2.24) is 5.32 Å². The largest absolute Gasteiger partial charge is 0.469 e. The van der Waals surface area contributed by atoms with Crippen molar-refractivity contribution >= 4 is 24.1 Å². The van der Waals surface area contributed by atoms with Crippen LogP contribution < -0.4 is 11.1 Å². The van der Waals surface area contributed by atoms with Crippen LogP contribution in [0.3, 0.4) is 0 Å². The summed E-state index contributed by atoms with van der Waals surface area (Å²) in [5.74, 6) is 0.706. The van der Waals surface area contributed by atoms with Crippen molar-refractivity contribution < 1.29 is 14.3 Å². The van der Waals surface area contributed by atoms with Gasteiger partial charge in [0.2, 0.25) is 6.41 Å². The lowest BCUT2D eigenvalue weighted by Gasteiger charge is -2.16. The van der Waals surface area contributed by atoms with Gasteiger partial charge in [0.05, 0.1) is 13.2 Å². The number of carbonyl (C=O) groups excluding carboxylic acids is 2. The monoisotopic (exact) mass is 308 g/mol. The molecule has 1 aliphatic heterocycles. The first-order valence-electron chi connectivity index (χ1n) is 7.05. The summed E-state index contributed by atoms with van der Waals surface area (Å²) < 4.78 is 4.11. The third-order valence-corrected chi connectivity index (χ3v) is 3.46. The topological polar surface area (TPSA) is 81.4 Å². The average molecular weight is 308 g/mol. The van der Waals surface area contributed by atoms with Crippen molar-refractivity contribution in [1.29, 1.82) is 0 Å². The molecule has 1 unspecified atom stereocenters. The lowest BCUT2D eigenvalue weighted by atomic mass is 10.1. The number of methoxy groups -OCH3 is 1. The number of nitrogens with one attached hydrogen (secondary N) is 1. The quantitative estimate of drug-likeness (QED) is 0.603.